The lowest BCUT2D eigenvalue weighted by atomic mass is 9.89. The molecule has 3 heterocycles. The van der Waals surface area contributed by atoms with Gasteiger partial charge in [-0.05, 0) is 57.6 Å². The molecule has 0 spiro atoms. The van der Waals surface area contributed by atoms with Crippen molar-refractivity contribution in [3.05, 3.63) is 34.6 Å². The predicted octanol–water partition coefficient (Wildman–Crippen LogP) is 4.65. The van der Waals surface area contributed by atoms with Crippen molar-refractivity contribution in [1.29, 1.82) is 0 Å². The van der Waals surface area contributed by atoms with Crippen LogP contribution in [-0.4, -0.2) is 51.7 Å². The van der Waals surface area contributed by atoms with Crippen LogP contribution in [0.15, 0.2) is 29.1 Å². The van der Waals surface area contributed by atoms with Gasteiger partial charge in [-0.15, -0.1) is 0 Å². The number of para-hydroxylation sites is 2. The number of hydrogen-bond donors (Lipinski definition) is 1. The first-order chi connectivity index (χ1) is 16.7. The number of hydrogen-bond acceptors (Lipinski definition) is 6. The third kappa shape index (κ3) is 4.72. The van der Waals surface area contributed by atoms with Crippen LogP contribution in [0.4, 0.5) is 5.82 Å². The first-order valence-electron chi connectivity index (χ1n) is 13.3. The summed E-state index contributed by atoms with van der Waals surface area (Å²) in [5.74, 6) is -0.143. The Bertz CT molecular complexity index is 1050. The van der Waals surface area contributed by atoms with E-state index in [9.17, 15) is 9.59 Å². The third-order valence-electron chi connectivity index (χ3n) is 8.13. The van der Waals surface area contributed by atoms with Crippen molar-refractivity contribution < 1.29 is 9.53 Å². The number of nitrogens with one attached hydrogen (secondary N) is 1. The number of aromatic nitrogens is 2. The highest BCUT2D eigenvalue weighted by molar-refractivity contribution is 5.78. The smallest absolute Gasteiger partial charge is 0.325 e. The zero-order valence-electron chi connectivity index (χ0n) is 20.4. The summed E-state index contributed by atoms with van der Waals surface area (Å²) >= 11 is 0. The van der Waals surface area contributed by atoms with Crippen molar-refractivity contribution in [2.75, 3.05) is 18.5 Å². The summed E-state index contributed by atoms with van der Waals surface area (Å²) in [6.07, 6.45) is 14.0. The number of piperidine rings is 1. The average Bonchev–Trinajstić information content (AvgIpc) is 3.07. The van der Waals surface area contributed by atoms with Crippen LogP contribution in [0.2, 0.25) is 0 Å². The number of esters is 1. The summed E-state index contributed by atoms with van der Waals surface area (Å²) in [6, 6.07) is 9.86. The van der Waals surface area contributed by atoms with E-state index < -0.39 is 0 Å². The van der Waals surface area contributed by atoms with Crippen molar-refractivity contribution in [3.8, 4) is 0 Å². The number of nitrogens with zero attached hydrogens (tertiary/aromatic N) is 3. The molecule has 0 radical (unpaired) electrons. The monoisotopic (exact) mass is 466 g/mol. The summed E-state index contributed by atoms with van der Waals surface area (Å²) in [4.78, 5) is 32.9. The van der Waals surface area contributed by atoms with Gasteiger partial charge in [0.15, 0.2) is 5.82 Å². The van der Waals surface area contributed by atoms with E-state index in [0.29, 0.717) is 24.7 Å². The van der Waals surface area contributed by atoms with Crippen LogP contribution in [0.1, 0.15) is 83.6 Å². The number of benzene rings is 1. The minimum absolute atomic E-state index is 0.0558. The molecule has 1 aliphatic carbocycles. The first-order valence-corrected chi connectivity index (χ1v) is 13.3. The number of fused-ring (bicyclic) bond motifs is 3. The van der Waals surface area contributed by atoms with E-state index in [0.717, 1.165) is 23.9 Å². The van der Waals surface area contributed by atoms with E-state index in [2.05, 4.69) is 15.2 Å². The minimum atomic E-state index is -0.381. The Labute approximate surface area is 201 Å². The molecule has 184 valence electrons. The summed E-state index contributed by atoms with van der Waals surface area (Å²) in [6.45, 7) is 2.04. The van der Waals surface area contributed by atoms with Crippen LogP contribution in [0.25, 0.3) is 11.0 Å². The molecule has 3 fully saturated rings. The highest BCUT2D eigenvalue weighted by atomic mass is 16.5. The molecule has 2 saturated heterocycles. The maximum Gasteiger partial charge on any atom is 0.325 e. The SMILES string of the molecule is CCOC(=O)CNc1nc2ccccc2n(C2CC3CC[C@@H](C2)N3C2CCCCCCC2)c1=O. The molecule has 2 unspecified atom stereocenters. The summed E-state index contributed by atoms with van der Waals surface area (Å²) in [7, 11) is 0. The fraction of sp³-hybridized carbons (Fsp3) is 0.667. The van der Waals surface area contributed by atoms with Gasteiger partial charge >= 0.3 is 5.97 Å². The van der Waals surface area contributed by atoms with E-state index in [1.807, 2.05) is 28.8 Å². The van der Waals surface area contributed by atoms with Crippen molar-refractivity contribution in [1.82, 2.24) is 14.5 Å². The van der Waals surface area contributed by atoms with Crippen molar-refractivity contribution >= 4 is 22.8 Å². The Morgan fingerprint density at radius 1 is 0.971 bits per heavy atom. The molecule has 5 rings (SSSR count). The molecule has 3 aliphatic rings. The largest absolute Gasteiger partial charge is 0.465 e. The second-order valence-corrected chi connectivity index (χ2v) is 10.2. The van der Waals surface area contributed by atoms with Crippen LogP contribution < -0.4 is 10.9 Å². The highest BCUT2D eigenvalue weighted by Crippen LogP contribution is 2.44. The van der Waals surface area contributed by atoms with Gasteiger partial charge in [0.05, 0.1) is 17.6 Å². The Balaban J connectivity index is 1.41. The summed E-state index contributed by atoms with van der Waals surface area (Å²) in [5, 5.41) is 2.95. The van der Waals surface area contributed by atoms with Crippen LogP contribution in [0.3, 0.4) is 0 Å². The summed E-state index contributed by atoms with van der Waals surface area (Å²) in [5.41, 5.74) is 1.54. The number of ether oxygens (including phenoxy) is 1. The van der Waals surface area contributed by atoms with Gasteiger partial charge in [0.1, 0.15) is 6.54 Å². The van der Waals surface area contributed by atoms with Crippen LogP contribution >= 0.6 is 0 Å². The molecule has 7 heteroatoms. The lowest BCUT2D eigenvalue weighted by Crippen LogP contribution is -2.50. The maximum atomic E-state index is 13.6. The second kappa shape index (κ2) is 10.5. The van der Waals surface area contributed by atoms with E-state index >= 15 is 0 Å². The molecule has 2 aliphatic heterocycles. The summed E-state index contributed by atoms with van der Waals surface area (Å²) < 4.78 is 6.99. The fourth-order valence-electron chi connectivity index (χ4n) is 6.72. The van der Waals surface area contributed by atoms with Gasteiger partial charge in [-0.25, -0.2) is 4.98 Å². The normalized spacial score (nSPS) is 26.2. The molecule has 34 heavy (non-hydrogen) atoms. The number of anilines is 1. The number of rotatable bonds is 6. The first kappa shape index (κ1) is 23.3. The van der Waals surface area contributed by atoms with Gasteiger partial charge in [0.25, 0.3) is 5.56 Å². The standard InChI is InChI=1S/C27H38N4O3/c1-2-34-25(32)18-28-26-27(33)31(24-13-9-8-12-23(24)29-26)22-16-20-14-15-21(17-22)30(20)19-10-6-4-3-5-7-11-19/h8-9,12-13,19-22H,2-7,10-11,14-18H2,1H3,(H,28,29)/t20-,21?,22?/m0/s1. The molecule has 3 atom stereocenters. The van der Waals surface area contributed by atoms with Gasteiger partial charge in [0.2, 0.25) is 0 Å². The number of carbonyl (C=O) groups excluding carboxylic acids is 1. The molecule has 1 aromatic heterocycles. The molecule has 2 bridgehead atoms. The van der Waals surface area contributed by atoms with Crippen LogP contribution in [0.5, 0.6) is 0 Å². The van der Waals surface area contributed by atoms with Gasteiger partial charge in [0, 0.05) is 24.2 Å². The van der Waals surface area contributed by atoms with E-state index in [1.54, 1.807) is 6.92 Å². The molecule has 7 nitrogen and oxygen atoms in total. The Morgan fingerprint density at radius 3 is 2.35 bits per heavy atom. The Hall–Kier alpha value is -2.41. The molecule has 0 amide bonds. The van der Waals surface area contributed by atoms with Crippen molar-refractivity contribution in [2.24, 2.45) is 0 Å². The maximum absolute atomic E-state index is 13.6. The Morgan fingerprint density at radius 2 is 1.65 bits per heavy atom. The lowest BCUT2D eigenvalue weighted by molar-refractivity contribution is -0.140. The molecule has 1 saturated carbocycles. The van der Waals surface area contributed by atoms with Crippen molar-refractivity contribution in [3.63, 3.8) is 0 Å². The molecule has 2 aromatic rings. The van der Waals surface area contributed by atoms with E-state index in [1.165, 1.54) is 57.8 Å². The van der Waals surface area contributed by atoms with E-state index in [4.69, 9.17) is 4.74 Å². The van der Waals surface area contributed by atoms with Crippen LogP contribution in [0, 0.1) is 0 Å². The predicted molar refractivity (Wildman–Crippen MR) is 134 cm³/mol. The van der Waals surface area contributed by atoms with Crippen molar-refractivity contribution in [2.45, 2.75) is 102 Å². The molecular formula is C27H38N4O3. The minimum Gasteiger partial charge on any atom is -0.465 e. The van der Waals surface area contributed by atoms with Gasteiger partial charge < -0.3 is 14.6 Å². The zero-order valence-corrected chi connectivity index (χ0v) is 20.4. The van der Waals surface area contributed by atoms with Crippen LogP contribution in [-0.2, 0) is 9.53 Å². The zero-order chi connectivity index (χ0) is 23.5. The lowest BCUT2D eigenvalue weighted by Gasteiger charge is -2.45. The van der Waals surface area contributed by atoms with Gasteiger partial charge in [-0.3, -0.25) is 14.5 Å². The average molecular weight is 467 g/mol. The topological polar surface area (TPSA) is 76.5 Å². The fourth-order valence-corrected chi connectivity index (χ4v) is 6.72. The quantitative estimate of drug-likeness (QED) is 0.625. The van der Waals surface area contributed by atoms with Gasteiger partial charge in [-0.1, -0.05) is 44.2 Å². The Kier molecular flexibility index (Phi) is 7.18. The number of carbonyl (C=O) groups is 1. The molecule has 1 aromatic carbocycles. The molecular weight excluding hydrogens is 428 g/mol. The second-order valence-electron chi connectivity index (χ2n) is 10.2. The van der Waals surface area contributed by atoms with E-state index in [-0.39, 0.29) is 29.9 Å². The third-order valence-corrected chi connectivity index (χ3v) is 8.13. The van der Waals surface area contributed by atoms with Gasteiger partial charge in [-0.2, -0.15) is 0 Å². The molecule has 1 N–H and O–H groups in total. The highest BCUT2D eigenvalue weighted by Gasteiger charge is 2.44.